The Balaban J connectivity index is 1.95. The highest BCUT2D eigenvalue weighted by atomic mass is 32.2. The molecule has 0 amide bonds. The van der Waals surface area contributed by atoms with Crippen LogP contribution in [0.5, 0.6) is 0 Å². The molecule has 1 unspecified atom stereocenters. The first-order valence-corrected chi connectivity index (χ1v) is 9.42. The molecule has 0 aliphatic carbocycles. The molecule has 128 valence electrons. The molecule has 1 atom stereocenters. The Morgan fingerprint density at radius 3 is 2.88 bits per heavy atom. The molecule has 2 aromatic heterocycles. The van der Waals surface area contributed by atoms with Crippen molar-refractivity contribution in [1.82, 2.24) is 24.7 Å². The maximum atomic E-state index is 12.8. The Bertz CT molecular complexity index is 798. The van der Waals surface area contributed by atoms with Crippen molar-refractivity contribution >= 4 is 9.84 Å². The van der Waals surface area contributed by atoms with Gasteiger partial charge in [0.15, 0.2) is 5.82 Å². The van der Waals surface area contributed by atoms with Gasteiger partial charge in [-0.1, -0.05) is 6.08 Å². The largest absolute Gasteiger partial charge is 0.377 e. The summed E-state index contributed by atoms with van der Waals surface area (Å²) in [7, 11) is -3.63. The fourth-order valence-corrected chi connectivity index (χ4v) is 4.24. The molecule has 3 rings (SSSR count). The zero-order valence-electron chi connectivity index (χ0n) is 13.2. The van der Waals surface area contributed by atoms with Crippen molar-refractivity contribution in [3.05, 3.63) is 31.2 Å². The number of aromatic nitrogens is 5. The van der Waals surface area contributed by atoms with Gasteiger partial charge in [0.05, 0.1) is 18.1 Å². The summed E-state index contributed by atoms with van der Waals surface area (Å²) in [5.41, 5.74) is 0.460. The van der Waals surface area contributed by atoms with Crippen LogP contribution in [0.4, 0.5) is 0 Å². The number of sulfone groups is 1. The molecule has 0 bridgehead atoms. The second-order valence-corrected chi connectivity index (χ2v) is 7.49. The van der Waals surface area contributed by atoms with E-state index in [0.29, 0.717) is 18.1 Å². The van der Waals surface area contributed by atoms with E-state index >= 15 is 0 Å². The van der Waals surface area contributed by atoms with Crippen LogP contribution >= 0.6 is 0 Å². The predicted octanol–water partition coefficient (Wildman–Crippen LogP) is 1.26. The van der Waals surface area contributed by atoms with Gasteiger partial charge >= 0.3 is 0 Å². The Morgan fingerprint density at radius 1 is 1.33 bits per heavy atom. The zero-order valence-corrected chi connectivity index (χ0v) is 14.0. The molecule has 9 heteroatoms. The van der Waals surface area contributed by atoms with Crippen molar-refractivity contribution in [2.75, 3.05) is 12.4 Å². The molecule has 0 aromatic carbocycles. The number of hydrogen-bond donors (Lipinski definition) is 0. The molecule has 0 radical (unpaired) electrons. The van der Waals surface area contributed by atoms with Crippen LogP contribution in [0.15, 0.2) is 36.4 Å². The number of hydrogen-bond acceptors (Lipinski definition) is 7. The van der Waals surface area contributed by atoms with Crippen LogP contribution in [0.25, 0.3) is 11.5 Å². The van der Waals surface area contributed by atoms with E-state index in [1.807, 2.05) is 0 Å². The van der Waals surface area contributed by atoms with Gasteiger partial charge in [-0.05, 0) is 19.3 Å². The molecule has 1 aliphatic rings. The van der Waals surface area contributed by atoms with Crippen LogP contribution in [0, 0.1) is 0 Å². The topological polar surface area (TPSA) is 99.9 Å². The van der Waals surface area contributed by atoms with Gasteiger partial charge in [0.2, 0.25) is 15.0 Å². The second-order valence-electron chi connectivity index (χ2n) is 5.57. The summed E-state index contributed by atoms with van der Waals surface area (Å²) >= 11 is 0. The van der Waals surface area contributed by atoms with Gasteiger partial charge in [0.1, 0.15) is 5.69 Å². The molecule has 3 heterocycles. The molecule has 2 aromatic rings. The minimum absolute atomic E-state index is 0.0859. The summed E-state index contributed by atoms with van der Waals surface area (Å²) in [6, 6.07) is 0. The fourth-order valence-electron chi connectivity index (χ4n) is 2.67. The van der Waals surface area contributed by atoms with Crippen LogP contribution < -0.4 is 0 Å². The SMILES string of the molecule is C=CCn1c(-c2cnccn2)nnc1S(=O)(=O)CC1CCCCO1. The Kier molecular flexibility index (Phi) is 5.00. The highest BCUT2D eigenvalue weighted by Gasteiger charge is 2.29. The first kappa shape index (κ1) is 16.7. The Labute approximate surface area is 140 Å². The average molecular weight is 349 g/mol. The Morgan fingerprint density at radius 2 is 2.21 bits per heavy atom. The lowest BCUT2D eigenvalue weighted by Gasteiger charge is -2.22. The van der Waals surface area contributed by atoms with Crippen molar-refractivity contribution in [3.8, 4) is 11.5 Å². The van der Waals surface area contributed by atoms with Crippen LogP contribution in [-0.2, 0) is 21.1 Å². The van der Waals surface area contributed by atoms with Gasteiger partial charge in [-0.3, -0.25) is 9.55 Å². The summed E-state index contributed by atoms with van der Waals surface area (Å²) in [6.45, 7) is 4.54. The van der Waals surface area contributed by atoms with Gasteiger partial charge in [0, 0.05) is 25.5 Å². The quantitative estimate of drug-likeness (QED) is 0.724. The van der Waals surface area contributed by atoms with Crippen molar-refractivity contribution in [2.24, 2.45) is 0 Å². The van der Waals surface area contributed by atoms with Gasteiger partial charge in [0.25, 0.3) is 0 Å². The lowest BCUT2D eigenvalue weighted by Crippen LogP contribution is -2.29. The minimum Gasteiger partial charge on any atom is -0.377 e. The van der Waals surface area contributed by atoms with Crippen LogP contribution in [0.3, 0.4) is 0 Å². The normalized spacial score (nSPS) is 18.4. The standard InChI is InChI=1S/C15H19N5O3S/c1-2-8-20-14(13-10-16-6-7-17-13)18-19-15(20)24(21,22)11-12-5-3-4-9-23-12/h2,6-7,10,12H,1,3-5,8-9,11H2. The smallest absolute Gasteiger partial charge is 0.250 e. The third-order valence-corrected chi connectivity index (χ3v) is 5.45. The molecule has 24 heavy (non-hydrogen) atoms. The van der Waals surface area contributed by atoms with E-state index < -0.39 is 9.84 Å². The molecule has 0 N–H and O–H groups in total. The van der Waals surface area contributed by atoms with Gasteiger partial charge < -0.3 is 4.74 Å². The molecular weight excluding hydrogens is 330 g/mol. The monoisotopic (exact) mass is 349 g/mol. The number of allylic oxidation sites excluding steroid dienone is 1. The van der Waals surface area contributed by atoms with E-state index in [9.17, 15) is 8.42 Å². The maximum absolute atomic E-state index is 12.8. The molecular formula is C15H19N5O3S. The lowest BCUT2D eigenvalue weighted by atomic mass is 10.1. The summed E-state index contributed by atoms with van der Waals surface area (Å²) in [5.74, 6) is 0.258. The van der Waals surface area contributed by atoms with Crippen LogP contribution in [-0.4, -0.2) is 51.6 Å². The number of nitrogens with zero attached hydrogens (tertiary/aromatic N) is 5. The van der Waals surface area contributed by atoms with Crippen LogP contribution in [0.1, 0.15) is 19.3 Å². The first-order chi connectivity index (χ1) is 11.6. The zero-order chi connectivity index (χ0) is 17.0. The van der Waals surface area contributed by atoms with Gasteiger partial charge in [-0.2, -0.15) is 0 Å². The average Bonchev–Trinajstić information content (AvgIpc) is 3.01. The summed E-state index contributed by atoms with van der Waals surface area (Å²) in [5, 5.41) is 7.82. The Hall–Kier alpha value is -2.13. The van der Waals surface area contributed by atoms with Crippen molar-refractivity contribution in [1.29, 1.82) is 0 Å². The molecule has 0 spiro atoms. The van der Waals surface area contributed by atoms with E-state index in [2.05, 4.69) is 26.7 Å². The molecule has 1 saturated heterocycles. The highest BCUT2D eigenvalue weighted by molar-refractivity contribution is 7.91. The van der Waals surface area contributed by atoms with Crippen LogP contribution in [0.2, 0.25) is 0 Å². The number of ether oxygens (including phenoxy) is 1. The summed E-state index contributed by atoms with van der Waals surface area (Å²) in [4.78, 5) is 8.15. The van der Waals surface area contributed by atoms with E-state index in [1.54, 1.807) is 6.08 Å². The second kappa shape index (κ2) is 7.18. The van der Waals surface area contributed by atoms with E-state index in [1.165, 1.54) is 23.2 Å². The van der Waals surface area contributed by atoms with Crippen molar-refractivity contribution in [3.63, 3.8) is 0 Å². The van der Waals surface area contributed by atoms with Crippen molar-refractivity contribution < 1.29 is 13.2 Å². The predicted molar refractivity (Wildman–Crippen MR) is 86.9 cm³/mol. The van der Waals surface area contributed by atoms with E-state index in [4.69, 9.17) is 4.74 Å². The van der Waals surface area contributed by atoms with Crippen molar-refractivity contribution in [2.45, 2.75) is 37.1 Å². The molecule has 1 fully saturated rings. The summed E-state index contributed by atoms with van der Waals surface area (Å²) in [6.07, 6.45) is 8.57. The highest BCUT2D eigenvalue weighted by Crippen LogP contribution is 2.22. The van der Waals surface area contributed by atoms with Gasteiger partial charge in [-0.15, -0.1) is 16.8 Å². The third kappa shape index (κ3) is 3.51. The third-order valence-electron chi connectivity index (χ3n) is 3.78. The molecule has 1 aliphatic heterocycles. The van der Waals surface area contributed by atoms with E-state index in [-0.39, 0.29) is 23.6 Å². The lowest BCUT2D eigenvalue weighted by molar-refractivity contribution is 0.0304. The minimum atomic E-state index is -3.63. The van der Waals surface area contributed by atoms with Gasteiger partial charge in [-0.25, -0.2) is 13.4 Å². The first-order valence-electron chi connectivity index (χ1n) is 7.76. The summed E-state index contributed by atoms with van der Waals surface area (Å²) < 4.78 is 32.6. The fraction of sp³-hybridized carbons (Fsp3) is 0.467. The molecule has 8 nitrogen and oxygen atoms in total. The van der Waals surface area contributed by atoms with E-state index in [0.717, 1.165) is 19.3 Å². The molecule has 0 saturated carbocycles. The number of rotatable bonds is 6. The maximum Gasteiger partial charge on any atom is 0.250 e.